The van der Waals surface area contributed by atoms with Crippen LogP contribution in [0, 0.1) is 34.5 Å². The number of aliphatic hydroxyl groups is 2. The van der Waals surface area contributed by atoms with Crippen LogP contribution in [0.3, 0.4) is 0 Å². The second kappa shape index (κ2) is 7.42. The van der Waals surface area contributed by atoms with Gasteiger partial charge in [-0.1, -0.05) is 13.8 Å². The molecular weight excluding hydrogens is 408 g/mol. The molecule has 4 aliphatic carbocycles. The Morgan fingerprint density at radius 1 is 1.12 bits per heavy atom. The zero-order chi connectivity index (χ0) is 22.9. The van der Waals surface area contributed by atoms with Crippen molar-refractivity contribution in [3.63, 3.8) is 0 Å². The quantitative estimate of drug-likeness (QED) is 0.676. The Morgan fingerprint density at radius 3 is 2.59 bits per heavy atom. The fourth-order valence-corrected chi connectivity index (χ4v) is 8.80. The van der Waals surface area contributed by atoms with Crippen LogP contribution >= 0.6 is 0 Å². The second-order valence-electron chi connectivity index (χ2n) is 11.5. The van der Waals surface area contributed by atoms with E-state index in [9.17, 15) is 19.8 Å². The molecule has 0 radical (unpaired) electrons. The summed E-state index contributed by atoms with van der Waals surface area (Å²) in [6.45, 7) is 4.50. The molecule has 4 fully saturated rings. The Bertz CT molecular complexity index is 935. The first kappa shape index (κ1) is 22.1. The summed E-state index contributed by atoms with van der Waals surface area (Å²) >= 11 is 0. The predicted octanol–water partition coefficient (Wildman–Crippen LogP) is 3.64. The van der Waals surface area contributed by atoms with E-state index < -0.39 is 22.6 Å². The third-order valence-electron chi connectivity index (χ3n) is 10.4. The smallest absolute Gasteiger partial charge is 0.335 e. The molecule has 1 aromatic rings. The van der Waals surface area contributed by atoms with E-state index in [1.807, 2.05) is 0 Å². The second-order valence-corrected chi connectivity index (χ2v) is 11.5. The van der Waals surface area contributed by atoms with Gasteiger partial charge in [-0.15, -0.1) is 0 Å². The number of carbonyl (C=O) groups excluding carboxylic acids is 1. The van der Waals surface area contributed by atoms with Gasteiger partial charge in [0.2, 0.25) is 0 Å². The number of hydrogen-bond donors (Lipinski definition) is 2. The highest BCUT2D eigenvalue weighted by Crippen LogP contribution is 2.71. The van der Waals surface area contributed by atoms with Crippen molar-refractivity contribution in [1.82, 2.24) is 0 Å². The van der Waals surface area contributed by atoms with E-state index >= 15 is 0 Å². The molecule has 4 aliphatic rings. The molecule has 176 valence electrons. The van der Waals surface area contributed by atoms with Crippen molar-refractivity contribution < 1.29 is 24.2 Å². The Morgan fingerprint density at radius 2 is 1.91 bits per heavy atom. The van der Waals surface area contributed by atoms with Crippen LogP contribution in [-0.2, 0) is 9.53 Å². The fraction of sp³-hybridized carbons (Fsp3) is 0.769. The molecule has 0 unspecified atom stereocenters. The summed E-state index contributed by atoms with van der Waals surface area (Å²) in [5, 5.41) is 22.7. The normalized spacial score (nSPS) is 47.8. The van der Waals surface area contributed by atoms with Crippen LogP contribution in [0.2, 0.25) is 0 Å². The maximum Gasteiger partial charge on any atom is 0.335 e. The van der Waals surface area contributed by atoms with Crippen LogP contribution in [0.25, 0.3) is 0 Å². The molecule has 0 aromatic carbocycles. The summed E-state index contributed by atoms with van der Waals surface area (Å²) in [5.74, 6) is -0.0349. The van der Waals surface area contributed by atoms with Crippen molar-refractivity contribution in [2.45, 2.75) is 82.8 Å². The highest BCUT2D eigenvalue weighted by molar-refractivity contribution is 5.75. The van der Waals surface area contributed by atoms with Crippen molar-refractivity contribution in [2.75, 3.05) is 7.11 Å². The largest absolute Gasteiger partial charge is 0.469 e. The Balaban J connectivity index is 1.56. The van der Waals surface area contributed by atoms with Crippen LogP contribution in [0.4, 0.5) is 0 Å². The molecule has 0 aliphatic heterocycles. The zero-order valence-electron chi connectivity index (χ0n) is 19.4. The molecule has 9 atom stereocenters. The summed E-state index contributed by atoms with van der Waals surface area (Å²) in [6, 6.07) is 3.14. The minimum Gasteiger partial charge on any atom is -0.469 e. The minimum atomic E-state index is -0.986. The number of rotatable bonds is 2. The lowest BCUT2D eigenvalue weighted by Crippen LogP contribution is -2.62. The number of carbonyl (C=O) groups is 1. The number of esters is 1. The van der Waals surface area contributed by atoms with Crippen molar-refractivity contribution >= 4 is 5.97 Å². The lowest BCUT2D eigenvalue weighted by atomic mass is 9.43. The summed E-state index contributed by atoms with van der Waals surface area (Å²) in [5.41, 5.74) is -1.00. The number of fused-ring (bicyclic) bond motifs is 5. The predicted molar refractivity (Wildman–Crippen MR) is 118 cm³/mol. The molecule has 4 saturated carbocycles. The molecule has 6 nitrogen and oxygen atoms in total. The third-order valence-corrected chi connectivity index (χ3v) is 10.4. The maximum atomic E-state index is 12.9. The monoisotopic (exact) mass is 444 g/mol. The van der Waals surface area contributed by atoms with Gasteiger partial charge in [0, 0.05) is 17.4 Å². The topological polar surface area (TPSA) is 97.0 Å². The van der Waals surface area contributed by atoms with E-state index in [0.29, 0.717) is 18.3 Å². The van der Waals surface area contributed by atoms with Crippen LogP contribution in [0.15, 0.2) is 27.6 Å². The summed E-state index contributed by atoms with van der Waals surface area (Å²) in [4.78, 5) is 24.5. The number of aliphatic hydroxyl groups excluding tert-OH is 1. The van der Waals surface area contributed by atoms with Gasteiger partial charge < -0.3 is 19.4 Å². The van der Waals surface area contributed by atoms with E-state index in [-0.39, 0.29) is 29.3 Å². The molecule has 2 N–H and O–H groups in total. The van der Waals surface area contributed by atoms with Crippen LogP contribution in [0.1, 0.15) is 76.7 Å². The van der Waals surface area contributed by atoms with Crippen molar-refractivity contribution in [2.24, 2.45) is 34.5 Å². The SMILES string of the molecule is COC(=O)[C@H]1C[C@]2(O)[C@@H]3CC[C@@H]4C[C@@H](O)CC[C@]4(C)[C@H]3CC[C@]2(C)[C@H]1c1ccc(=O)oc1. The van der Waals surface area contributed by atoms with Gasteiger partial charge in [-0.3, -0.25) is 4.79 Å². The molecule has 0 bridgehead atoms. The first-order valence-electron chi connectivity index (χ1n) is 12.2. The van der Waals surface area contributed by atoms with E-state index in [1.54, 1.807) is 6.07 Å². The average Bonchev–Trinajstić information content (AvgIpc) is 3.02. The molecule has 5 rings (SSSR count). The van der Waals surface area contributed by atoms with Crippen LogP contribution in [-0.4, -0.2) is 35.0 Å². The van der Waals surface area contributed by atoms with Gasteiger partial charge in [0.25, 0.3) is 0 Å². The van der Waals surface area contributed by atoms with E-state index in [0.717, 1.165) is 50.5 Å². The Kier molecular flexibility index (Phi) is 5.14. The number of hydrogen-bond acceptors (Lipinski definition) is 6. The Hall–Kier alpha value is -1.66. The third kappa shape index (κ3) is 2.91. The number of methoxy groups -OCH3 is 1. The minimum absolute atomic E-state index is 0.116. The highest BCUT2D eigenvalue weighted by atomic mass is 16.5. The van der Waals surface area contributed by atoms with E-state index in [4.69, 9.17) is 9.15 Å². The van der Waals surface area contributed by atoms with E-state index in [1.165, 1.54) is 19.4 Å². The van der Waals surface area contributed by atoms with Gasteiger partial charge in [-0.2, -0.15) is 0 Å². The first-order chi connectivity index (χ1) is 15.1. The standard InChI is InChI=1S/C26H36O6/c1-24-10-8-17(27)12-16(24)5-6-20-19(24)9-11-25(2)22(15-4-7-21(28)32-14-15)18(23(29)31-3)13-26(20,25)30/h4,7,14,16-20,22,27,30H,5-6,8-13H2,1-3H3/t16-,17+,18+,19+,20-,22+,24+,25-,26+/m1/s1. The van der Waals surface area contributed by atoms with Gasteiger partial charge in [0.1, 0.15) is 0 Å². The molecule has 0 saturated heterocycles. The number of ether oxygens (including phenoxy) is 1. The molecule has 0 amide bonds. The van der Waals surface area contributed by atoms with Crippen molar-refractivity contribution in [3.05, 3.63) is 34.4 Å². The van der Waals surface area contributed by atoms with Gasteiger partial charge in [-0.05, 0) is 86.2 Å². The molecule has 0 spiro atoms. The van der Waals surface area contributed by atoms with E-state index in [2.05, 4.69) is 13.8 Å². The zero-order valence-corrected chi connectivity index (χ0v) is 19.4. The fourth-order valence-electron chi connectivity index (χ4n) is 8.80. The lowest BCUT2D eigenvalue weighted by Gasteiger charge is -2.63. The Labute approximate surface area is 189 Å². The van der Waals surface area contributed by atoms with Crippen molar-refractivity contribution in [1.29, 1.82) is 0 Å². The van der Waals surface area contributed by atoms with Gasteiger partial charge >= 0.3 is 11.6 Å². The summed E-state index contributed by atoms with van der Waals surface area (Å²) < 4.78 is 10.4. The molecule has 1 aromatic heterocycles. The summed E-state index contributed by atoms with van der Waals surface area (Å²) in [7, 11) is 1.40. The first-order valence-corrected chi connectivity index (χ1v) is 12.2. The maximum absolute atomic E-state index is 12.9. The van der Waals surface area contributed by atoms with Gasteiger partial charge in [0.05, 0.1) is 31.0 Å². The van der Waals surface area contributed by atoms with Crippen LogP contribution < -0.4 is 5.63 Å². The highest BCUT2D eigenvalue weighted by Gasteiger charge is 2.70. The van der Waals surface area contributed by atoms with Crippen LogP contribution in [0.5, 0.6) is 0 Å². The molecular formula is C26H36O6. The molecule has 1 heterocycles. The molecule has 32 heavy (non-hydrogen) atoms. The summed E-state index contributed by atoms with van der Waals surface area (Å²) in [6.07, 6.45) is 8.11. The average molecular weight is 445 g/mol. The van der Waals surface area contributed by atoms with Crippen molar-refractivity contribution in [3.8, 4) is 0 Å². The van der Waals surface area contributed by atoms with Gasteiger partial charge in [-0.25, -0.2) is 4.79 Å². The molecule has 6 heteroatoms. The lowest BCUT2D eigenvalue weighted by molar-refractivity contribution is -0.205. The van der Waals surface area contributed by atoms with Gasteiger partial charge in [0.15, 0.2) is 0 Å².